The highest BCUT2D eigenvalue weighted by Crippen LogP contribution is 2.25. The number of halogens is 1. The Bertz CT molecular complexity index is 395. The van der Waals surface area contributed by atoms with Crippen molar-refractivity contribution in [3.05, 3.63) is 28.3 Å². The zero-order valence-corrected chi connectivity index (χ0v) is 11.6. The van der Waals surface area contributed by atoms with E-state index in [1.54, 1.807) is 0 Å². The van der Waals surface area contributed by atoms with Gasteiger partial charge < -0.3 is 15.2 Å². The number of ether oxygens (including phenoxy) is 1. The van der Waals surface area contributed by atoms with Crippen molar-refractivity contribution in [1.82, 2.24) is 5.32 Å². The summed E-state index contributed by atoms with van der Waals surface area (Å²) in [6.45, 7) is 4.80. The number of benzene rings is 1. The van der Waals surface area contributed by atoms with Gasteiger partial charge in [-0.25, -0.2) is 0 Å². The molecule has 3 nitrogen and oxygen atoms in total. The molecule has 0 heterocycles. The molecule has 1 aromatic rings. The van der Waals surface area contributed by atoms with E-state index in [9.17, 15) is 5.11 Å². The Hall–Kier alpha value is -0.770. The summed E-state index contributed by atoms with van der Waals surface area (Å²) in [5.74, 6) is 0.764. The lowest BCUT2D eigenvalue weighted by Gasteiger charge is -2.14. The Morgan fingerprint density at radius 1 is 1.39 bits per heavy atom. The molecule has 0 bridgehead atoms. The van der Waals surface area contributed by atoms with Gasteiger partial charge >= 0.3 is 0 Å². The van der Waals surface area contributed by atoms with Crippen molar-refractivity contribution in [3.63, 3.8) is 0 Å². The normalized spacial score (nSPS) is 16.7. The third-order valence-electron chi connectivity index (χ3n) is 3.07. The van der Waals surface area contributed by atoms with Crippen LogP contribution in [0.3, 0.4) is 0 Å². The quantitative estimate of drug-likeness (QED) is 0.834. The summed E-state index contributed by atoms with van der Waals surface area (Å²) in [4.78, 5) is 0. The van der Waals surface area contributed by atoms with Crippen LogP contribution in [0.1, 0.15) is 24.0 Å². The minimum atomic E-state index is -0.470. The second-order valence-corrected chi connectivity index (χ2v) is 5.40. The van der Waals surface area contributed by atoms with Gasteiger partial charge in [0.2, 0.25) is 0 Å². The fourth-order valence-corrected chi connectivity index (χ4v) is 1.94. The minimum absolute atomic E-state index is 0.306. The topological polar surface area (TPSA) is 41.5 Å². The summed E-state index contributed by atoms with van der Waals surface area (Å²) < 4.78 is 5.59. The third-order valence-corrected chi connectivity index (χ3v) is 3.67. The lowest BCUT2D eigenvalue weighted by Crippen LogP contribution is -2.32. The number of rotatable bonds is 6. The average Bonchev–Trinajstić information content (AvgIpc) is 3.14. The van der Waals surface area contributed by atoms with Crippen LogP contribution in [0.15, 0.2) is 12.1 Å². The van der Waals surface area contributed by atoms with Gasteiger partial charge in [0, 0.05) is 17.6 Å². The molecule has 1 atom stereocenters. The van der Waals surface area contributed by atoms with Crippen LogP contribution in [0, 0.1) is 13.8 Å². The molecular formula is C14H20ClNO2. The van der Waals surface area contributed by atoms with Crippen LogP contribution in [0.5, 0.6) is 5.75 Å². The van der Waals surface area contributed by atoms with Crippen molar-refractivity contribution < 1.29 is 9.84 Å². The van der Waals surface area contributed by atoms with E-state index < -0.39 is 6.10 Å². The molecule has 4 heteroatoms. The van der Waals surface area contributed by atoms with E-state index in [2.05, 4.69) is 5.32 Å². The van der Waals surface area contributed by atoms with E-state index in [4.69, 9.17) is 16.3 Å². The standard InChI is InChI=1S/C14H20ClNO2/c1-9-5-13(6-10(2)14(9)15)18-8-12(17)7-16-11-3-4-11/h5-6,11-12,16-17H,3-4,7-8H2,1-2H3/t12-/m0/s1. The van der Waals surface area contributed by atoms with Crippen LogP contribution in [0.2, 0.25) is 5.02 Å². The highest BCUT2D eigenvalue weighted by molar-refractivity contribution is 6.32. The van der Waals surface area contributed by atoms with E-state index in [1.165, 1.54) is 12.8 Å². The first-order valence-corrected chi connectivity index (χ1v) is 6.75. The Morgan fingerprint density at radius 2 is 2.00 bits per heavy atom. The Labute approximate surface area is 113 Å². The molecule has 1 aliphatic rings. The second kappa shape index (κ2) is 5.91. The predicted molar refractivity (Wildman–Crippen MR) is 73.5 cm³/mol. The summed E-state index contributed by atoms with van der Waals surface area (Å²) in [5, 5.41) is 13.8. The monoisotopic (exact) mass is 269 g/mol. The molecule has 18 heavy (non-hydrogen) atoms. The molecule has 0 saturated heterocycles. The smallest absolute Gasteiger partial charge is 0.120 e. The maximum absolute atomic E-state index is 9.77. The molecule has 0 aliphatic heterocycles. The number of nitrogens with one attached hydrogen (secondary N) is 1. The molecule has 0 unspecified atom stereocenters. The van der Waals surface area contributed by atoms with E-state index in [0.717, 1.165) is 21.9 Å². The summed E-state index contributed by atoms with van der Waals surface area (Å²) in [7, 11) is 0. The maximum atomic E-state index is 9.77. The van der Waals surface area contributed by atoms with Gasteiger partial charge in [-0.15, -0.1) is 0 Å². The first-order chi connectivity index (χ1) is 8.56. The van der Waals surface area contributed by atoms with E-state index in [1.807, 2.05) is 26.0 Å². The number of aryl methyl sites for hydroxylation is 2. The fraction of sp³-hybridized carbons (Fsp3) is 0.571. The van der Waals surface area contributed by atoms with Gasteiger partial charge in [-0.05, 0) is 49.9 Å². The lowest BCUT2D eigenvalue weighted by atomic mass is 10.1. The minimum Gasteiger partial charge on any atom is -0.491 e. The molecular weight excluding hydrogens is 250 g/mol. The molecule has 2 rings (SSSR count). The fourth-order valence-electron chi connectivity index (χ4n) is 1.83. The summed E-state index contributed by atoms with van der Waals surface area (Å²) in [5.41, 5.74) is 1.99. The van der Waals surface area contributed by atoms with Gasteiger partial charge in [0.1, 0.15) is 18.5 Å². The van der Waals surface area contributed by atoms with Crippen molar-refractivity contribution in [1.29, 1.82) is 0 Å². The number of aliphatic hydroxyl groups excluding tert-OH is 1. The van der Waals surface area contributed by atoms with Gasteiger partial charge in [0.15, 0.2) is 0 Å². The molecule has 2 N–H and O–H groups in total. The summed E-state index contributed by atoms with van der Waals surface area (Å²) >= 11 is 6.09. The number of hydrogen-bond acceptors (Lipinski definition) is 3. The molecule has 1 aliphatic carbocycles. The van der Waals surface area contributed by atoms with Crippen molar-refractivity contribution in [2.24, 2.45) is 0 Å². The van der Waals surface area contributed by atoms with Crippen LogP contribution in [-0.2, 0) is 0 Å². The molecule has 1 saturated carbocycles. The Morgan fingerprint density at radius 3 is 2.56 bits per heavy atom. The van der Waals surface area contributed by atoms with Gasteiger partial charge in [0.05, 0.1) is 0 Å². The Kier molecular flexibility index (Phi) is 4.49. The molecule has 1 aromatic carbocycles. The third kappa shape index (κ3) is 3.87. The number of hydrogen-bond donors (Lipinski definition) is 2. The van der Waals surface area contributed by atoms with Crippen molar-refractivity contribution >= 4 is 11.6 Å². The van der Waals surface area contributed by atoms with Gasteiger partial charge in [-0.2, -0.15) is 0 Å². The SMILES string of the molecule is Cc1cc(OC[C@@H](O)CNC2CC2)cc(C)c1Cl. The first-order valence-electron chi connectivity index (χ1n) is 6.37. The molecule has 1 fully saturated rings. The van der Waals surface area contributed by atoms with Crippen LogP contribution < -0.4 is 10.1 Å². The summed E-state index contributed by atoms with van der Waals surface area (Å²) in [6, 6.07) is 4.41. The molecule has 0 amide bonds. The Balaban J connectivity index is 1.81. The zero-order chi connectivity index (χ0) is 13.1. The summed E-state index contributed by atoms with van der Waals surface area (Å²) in [6.07, 6.45) is 1.98. The molecule has 100 valence electrons. The van der Waals surface area contributed by atoms with Crippen LogP contribution in [0.4, 0.5) is 0 Å². The second-order valence-electron chi connectivity index (χ2n) is 5.02. The van der Waals surface area contributed by atoms with Gasteiger partial charge in [-0.3, -0.25) is 0 Å². The van der Waals surface area contributed by atoms with E-state index in [-0.39, 0.29) is 0 Å². The van der Waals surface area contributed by atoms with Crippen LogP contribution in [-0.4, -0.2) is 30.4 Å². The highest BCUT2D eigenvalue weighted by Gasteiger charge is 2.21. The zero-order valence-electron chi connectivity index (χ0n) is 10.9. The van der Waals surface area contributed by atoms with E-state index in [0.29, 0.717) is 19.2 Å². The molecule has 0 spiro atoms. The van der Waals surface area contributed by atoms with Crippen molar-refractivity contribution in [3.8, 4) is 5.75 Å². The van der Waals surface area contributed by atoms with Crippen LogP contribution in [0.25, 0.3) is 0 Å². The largest absolute Gasteiger partial charge is 0.491 e. The lowest BCUT2D eigenvalue weighted by molar-refractivity contribution is 0.106. The average molecular weight is 270 g/mol. The van der Waals surface area contributed by atoms with Crippen molar-refractivity contribution in [2.75, 3.05) is 13.2 Å². The highest BCUT2D eigenvalue weighted by atomic mass is 35.5. The molecule has 0 aromatic heterocycles. The first kappa shape index (κ1) is 13.7. The van der Waals surface area contributed by atoms with Crippen molar-refractivity contribution in [2.45, 2.75) is 38.8 Å². The van der Waals surface area contributed by atoms with E-state index >= 15 is 0 Å². The maximum Gasteiger partial charge on any atom is 0.120 e. The number of aliphatic hydroxyl groups is 1. The van der Waals surface area contributed by atoms with Crippen LogP contribution >= 0.6 is 11.6 Å². The van der Waals surface area contributed by atoms with Gasteiger partial charge in [-0.1, -0.05) is 11.6 Å². The van der Waals surface area contributed by atoms with Gasteiger partial charge in [0.25, 0.3) is 0 Å². The predicted octanol–water partition coefficient (Wildman–Crippen LogP) is 2.45. The molecule has 0 radical (unpaired) electrons.